The molecule has 3 aromatic rings. The summed E-state index contributed by atoms with van der Waals surface area (Å²) < 4.78 is 5.25. The molecule has 0 spiro atoms. The molecule has 1 N–H and O–H groups in total. The topological polar surface area (TPSA) is 57.7 Å². The van der Waals surface area contributed by atoms with Gasteiger partial charge in [0.2, 0.25) is 0 Å². The summed E-state index contributed by atoms with van der Waals surface area (Å²) in [6, 6.07) is 21.3. The zero-order valence-corrected chi connectivity index (χ0v) is 17.7. The lowest BCUT2D eigenvalue weighted by Crippen LogP contribution is -2.36. The molecule has 0 saturated carbocycles. The van der Waals surface area contributed by atoms with Crippen molar-refractivity contribution in [1.29, 1.82) is 0 Å². The lowest BCUT2D eigenvalue weighted by molar-refractivity contribution is 0.209. The third-order valence-electron chi connectivity index (χ3n) is 4.80. The number of pyridine rings is 1. The Bertz CT molecular complexity index is 943. The lowest BCUT2D eigenvalue weighted by Gasteiger charge is -2.24. The summed E-state index contributed by atoms with van der Waals surface area (Å²) in [5.74, 6) is 0.701. The SMILES string of the molecule is COc1cccc(NC(=O)N(CCc2ccccn2)Cc2ccc(N(C)C)cc2)c1. The molecular weight excluding hydrogens is 376 g/mol. The number of aromatic nitrogens is 1. The number of urea groups is 1. The molecule has 0 unspecified atom stereocenters. The van der Waals surface area contributed by atoms with Gasteiger partial charge in [-0.15, -0.1) is 0 Å². The molecule has 0 fully saturated rings. The van der Waals surface area contributed by atoms with E-state index in [1.165, 1.54) is 0 Å². The number of benzene rings is 2. The number of anilines is 2. The predicted molar refractivity (Wildman–Crippen MR) is 121 cm³/mol. The molecule has 6 heteroatoms. The van der Waals surface area contributed by atoms with Crippen molar-refractivity contribution in [1.82, 2.24) is 9.88 Å². The van der Waals surface area contributed by atoms with Crippen molar-refractivity contribution < 1.29 is 9.53 Å². The van der Waals surface area contributed by atoms with Gasteiger partial charge in [0.05, 0.1) is 7.11 Å². The van der Waals surface area contributed by atoms with Crippen LogP contribution in [0.2, 0.25) is 0 Å². The molecule has 1 aromatic heterocycles. The number of nitrogens with one attached hydrogen (secondary N) is 1. The first-order valence-electron chi connectivity index (χ1n) is 9.91. The summed E-state index contributed by atoms with van der Waals surface area (Å²) in [4.78, 5) is 21.3. The van der Waals surface area contributed by atoms with Crippen LogP contribution in [0.25, 0.3) is 0 Å². The average Bonchev–Trinajstić information content (AvgIpc) is 2.77. The minimum absolute atomic E-state index is 0.157. The van der Waals surface area contributed by atoms with Crippen LogP contribution in [-0.4, -0.2) is 43.7 Å². The smallest absolute Gasteiger partial charge is 0.322 e. The van der Waals surface area contributed by atoms with E-state index in [2.05, 4.69) is 39.5 Å². The van der Waals surface area contributed by atoms with E-state index in [-0.39, 0.29) is 6.03 Å². The Morgan fingerprint density at radius 1 is 1.03 bits per heavy atom. The first-order chi connectivity index (χ1) is 14.5. The van der Waals surface area contributed by atoms with Crippen LogP contribution < -0.4 is 15.0 Å². The maximum Gasteiger partial charge on any atom is 0.322 e. The molecule has 0 aliphatic carbocycles. The number of nitrogens with zero attached hydrogens (tertiary/aromatic N) is 3. The zero-order chi connectivity index (χ0) is 21.3. The van der Waals surface area contributed by atoms with Crippen LogP contribution in [0.3, 0.4) is 0 Å². The van der Waals surface area contributed by atoms with Gasteiger partial charge in [-0.3, -0.25) is 4.98 Å². The average molecular weight is 405 g/mol. The van der Waals surface area contributed by atoms with E-state index in [0.717, 1.165) is 16.9 Å². The monoisotopic (exact) mass is 404 g/mol. The molecule has 156 valence electrons. The van der Waals surface area contributed by atoms with Crippen molar-refractivity contribution in [3.63, 3.8) is 0 Å². The second-order valence-corrected chi connectivity index (χ2v) is 7.22. The van der Waals surface area contributed by atoms with Crippen molar-refractivity contribution in [2.75, 3.05) is 38.0 Å². The second-order valence-electron chi connectivity index (χ2n) is 7.22. The normalized spacial score (nSPS) is 10.4. The van der Waals surface area contributed by atoms with Gasteiger partial charge < -0.3 is 19.9 Å². The minimum atomic E-state index is -0.157. The summed E-state index contributed by atoms with van der Waals surface area (Å²) in [5, 5.41) is 2.98. The zero-order valence-electron chi connectivity index (χ0n) is 17.7. The maximum absolute atomic E-state index is 13.1. The van der Waals surface area contributed by atoms with Crippen LogP contribution in [-0.2, 0) is 13.0 Å². The largest absolute Gasteiger partial charge is 0.497 e. The summed E-state index contributed by atoms with van der Waals surface area (Å²) in [7, 11) is 5.63. The van der Waals surface area contributed by atoms with Crippen LogP contribution in [0, 0.1) is 0 Å². The Morgan fingerprint density at radius 2 is 1.83 bits per heavy atom. The summed E-state index contributed by atoms with van der Waals surface area (Å²) in [6.45, 7) is 1.07. The third kappa shape index (κ3) is 5.98. The molecule has 1 heterocycles. The van der Waals surface area contributed by atoms with Gasteiger partial charge >= 0.3 is 6.03 Å². The van der Waals surface area contributed by atoms with E-state index in [1.807, 2.05) is 50.5 Å². The van der Waals surface area contributed by atoms with E-state index in [1.54, 1.807) is 24.3 Å². The Kier molecular flexibility index (Phi) is 7.27. The van der Waals surface area contributed by atoms with E-state index in [0.29, 0.717) is 30.9 Å². The number of carbonyl (C=O) groups excluding carboxylic acids is 1. The number of methoxy groups -OCH3 is 1. The molecule has 0 atom stereocenters. The van der Waals surface area contributed by atoms with Gasteiger partial charge in [-0.2, -0.15) is 0 Å². The Morgan fingerprint density at radius 3 is 2.50 bits per heavy atom. The molecule has 0 aliphatic heterocycles. The summed E-state index contributed by atoms with van der Waals surface area (Å²) in [6.07, 6.45) is 2.46. The van der Waals surface area contributed by atoms with Crippen LogP contribution in [0.15, 0.2) is 72.9 Å². The first kappa shape index (κ1) is 21.2. The van der Waals surface area contributed by atoms with Crippen molar-refractivity contribution in [2.24, 2.45) is 0 Å². The summed E-state index contributed by atoms with van der Waals surface area (Å²) >= 11 is 0. The van der Waals surface area contributed by atoms with Crippen molar-refractivity contribution in [3.05, 3.63) is 84.2 Å². The highest BCUT2D eigenvalue weighted by Gasteiger charge is 2.15. The number of rotatable bonds is 8. The highest BCUT2D eigenvalue weighted by Crippen LogP contribution is 2.18. The molecule has 6 nitrogen and oxygen atoms in total. The highest BCUT2D eigenvalue weighted by molar-refractivity contribution is 5.89. The minimum Gasteiger partial charge on any atom is -0.497 e. The molecule has 3 rings (SSSR count). The fourth-order valence-electron chi connectivity index (χ4n) is 3.07. The quantitative estimate of drug-likeness (QED) is 0.603. The van der Waals surface area contributed by atoms with Gasteiger partial charge in [-0.05, 0) is 42.0 Å². The molecular formula is C24H28N4O2. The van der Waals surface area contributed by atoms with E-state index >= 15 is 0 Å². The van der Waals surface area contributed by atoms with Crippen LogP contribution in [0.5, 0.6) is 5.75 Å². The number of ether oxygens (including phenoxy) is 1. The van der Waals surface area contributed by atoms with Crippen LogP contribution in [0.1, 0.15) is 11.3 Å². The molecule has 0 aliphatic rings. The van der Waals surface area contributed by atoms with Gasteiger partial charge in [-0.1, -0.05) is 24.3 Å². The molecule has 0 bridgehead atoms. The van der Waals surface area contributed by atoms with Crippen LogP contribution in [0.4, 0.5) is 16.2 Å². The van der Waals surface area contributed by atoms with E-state index < -0.39 is 0 Å². The molecule has 2 aromatic carbocycles. The maximum atomic E-state index is 13.1. The Balaban J connectivity index is 1.74. The second kappa shape index (κ2) is 10.3. The first-order valence-corrected chi connectivity index (χ1v) is 9.91. The number of hydrogen-bond donors (Lipinski definition) is 1. The summed E-state index contributed by atoms with van der Waals surface area (Å²) in [5.41, 5.74) is 3.85. The number of carbonyl (C=O) groups is 1. The van der Waals surface area contributed by atoms with Gasteiger partial charge in [0.15, 0.2) is 0 Å². The lowest BCUT2D eigenvalue weighted by atomic mass is 10.1. The Hall–Kier alpha value is -3.54. The van der Waals surface area contributed by atoms with Crippen molar-refractivity contribution in [3.8, 4) is 5.75 Å². The Labute approximate surface area is 178 Å². The third-order valence-corrected chi connectivity index (χ3v) is 4.80. The number of amides is 2. The van der Waals surface area contributed by atoms with Gasteiger partial charge in [-0.25, -0.2) is 4.79 Å². The molecule has 30 heavy (non-hydrogen) atoms. The number of hydrogen-bond acceptors (Lipinski definition) is 4. The standard InChI is InChI=1S/C24H28N4O2/c1-27(2)22-12-10-19(11-13-22)18-28(16-14-20-7-4-5-15-25-20)24(29)26-21-8-6-9-23(17-21)30-3/h4-13,15,17H,14,16,18H2,1-3H3,(H,26,29). The molecule has 0 radical (unpaired) electrons. The van der Waals surface area contributed by atoms with Gasteiger partial charge in [0, 0.05) is 62.9 Å². The van der Waals surface area contributed by atoms with Gasteiger partial charge in [0.25, 0.3) is 0 Å². The van der Waals surface area contributed by atoms with Gasteiger partial charge in [0.1, 0.15) is 5.75 Å². The van der Waals surface area contributed by atoms with Crippen molar-refractivity contribution in [2.45, 2.75) is 13.0 Å². The fourth-order valence-corrected chi connectivity index (χ4v) is 3.07. The molecule has 2 amide bonds. The van der Waals surface area contributed by atoms with Crippen molar-refractivity contribution >= 4 is 17.4 Å². The predicted octanol–water partition coefficient (Wildman–Crippen LogP) is 4.43. The highest BCUT2D eigenvalue weighted by atomic mass is 16.5. The van der Waals surface area contributed by atoms with Crippen LogP contribution >= 0.6 is 0 Å². The fraction of sp³-hybridized carbons (Fsp3) is 0.250. The van der Waals surface area contributed by atoms with E-state index in [4.69, 9.17) is 4.74 Å². The van der Waals surface area contributed by atoms with E-state index in [9.17, 15) is 4.79 Å². The molecule has 0 saturated heterocycles.